The normalized spacial score (nSPS) is 11.5. The molecule has 0 amide bonds. The van der Waals surface area contributed by atoms with Crippen LogP contribution in [0.15, 0.2) is 42.5 Å². The quantitative estimate of drug-likeness (QED) is 0.585. The van der Waals surface area contributed by atoms with Gasteiger partial charge in [-0.1, -0.05) is 23.2 Å². The van der Waals surface area contributed by atoms with Gasteiger partial charge in [0.15, 0.2) is 6.10 Å². The number of hydrogen-bond acceptors (Lipinski definition) is 5. The van der Waals surface area contributed by atoms with Crippen molar-refractivity contribution in [2.75, 3.05) is 7.11 Å². The predicted octanol–water partition coefficient (Wildman–Crippen LogP) is 4.15. The third-order valence-corrected chi connectivity index (χ3v) is 3.55. The fourth-order valence-electron chi connectivity index (χ4n) is 1.79. The third-order valence-electron chi connectivity index (χ3n) is 3.02. The molecule has 0 aliphatic heterocycles. The molecular weight excluding hydrogens is 355 g/mol. The van der Waals surface area contributed by atoms with Crippen molar-refractivity contribution in [2.45, 2.75) is 13.0 Å². The molecule has 0 radical (unpaired) electrons. The Morgan fingerprint density at radius 1 is 1.04 bits per heavy atom. The molecule has 1 atom stereocenters. The largest absolute Gasteiger partial charge is 0.477 e. The molecule has 5 nitrogen and oxygen atoms in total. The molecule has 7 heteroatoms. The van der Waals surface area contributed by atoms with Crippen molar-refractivity contribution in [3.8, 4) is 11.5 Å². The van der Waals surface area contributed by atoms with E-state index in [0.717, 1.165) is 0 Å². The Labute approximate surface area is 149 Å². The summed E-state index contributed by atoms with van der Waals surface area (Å²) in [5, 5.41) is 0.762. The maximum atomic E-state index is 12.1. The second kappa shape index (κ2) is 8.04. The van der Waals surface area contributed by atoms with E-state index >= 15 is 0 Å². The molecule has 0 bridgehead atoms. The molecule has 2 aromatic carbocycles. The molecule has 0 unspecified atom stereocenters. The maximum Gasteiger partial charge on any atom is 0.352 e. The van der Waals surface area contributed by atoms with Gasteiger partial charge in [-0.2, -0.15) is 0 Å². The highest BCUT2D eigenvalue weighted by Gasteiger charge is 2.19. The minimum atomic E-state index is -0.885. The average molecular weight is 369 g/mol. The lowest BCUT2D eigenvalue weighted by molar-refractivity contribution is -0.141. The number of carbonyl (C=O) groups is 2. The molecule has 0 aromatic heterocycles. The van der Waals surface area contributed by atoms with Crippen LogP contribution in [-0.2, 0) is 9.53 Å². The van der Waals surface area contributed by atoms with Gasteiger partial charge < -0.3 is 14.2 Å². The number of methoxy groups -OCH3 is 1. The summed E-state index contributed by atoms with van der Waals surface area (Å²) in [5.74, 6) is -0.467. The zero-order valence-corrected chi connectivity index (χ0v) is 14.4. The maximum absolute atomic E-state index is 12.1. The van der Waals surface area contributed by atoms with Gasteiger partial charge >= 0.3 is 11.9 Å². The first kappa shape index (κ1) is 18.1. The summed E-state index contributed by atoms with van der Waals surface area (Å²) in [4.78, 5) is 23.4. The van der Waals surface area contributed by atoms with Gasteiger partial charge in [-0.3, -0.25) is 0 Å². The second-order valence-corrected chi connectivity index (χ2v) is 5.62. The van der Waals surface area contributed by atoms with E-state index in [-0.39, 0.29) is 5.75 Å². The Bertz CT molecular complexity index is 743. The molecule has 0 aliphatic rings. The molecule has 0 N–H and O–H groups in total. The van der Waals surface area contributed by atoms with Crippen LogP contribution in [0.2, 0.25) is 10.0 Å². The third kappa shape index (κ3) is 4.63. The van der Waals surface area contributed by atoms with Crippen LogP contribution in [0, 0.1) is 0 Å². The standard InChI is InChI=1S/C17H14Cl2O5/c1-10(23-15-8-5-12(18)9-14(15)19)16(20)24-13-6-3-11(4-7-13)17(21)22-2/h3-10H,1-2H3/t10-/m1/s1. The lowest BCUT2D eigenvalue weighted by Gasteiger charge is -2.15. The fraction of sp³-hybridized carbons (Fsp3) is 0.176. The number of ether oxygens (including phenoxy) is 3. The van der Waals surface area contributed by atoms with Gasteiger partial charge in [-0.25, -0.2) is 9.59 Å². The van der Waals surface area contributed by atoms with E-state index in [0.29, 0.717) is 21.4 Å². The summed E-state index contributed by atoms with van der Waals surface area (Å²) >= 11 is 11.8. The van der Waals surface area contributed by atoms with E-state index in [4.69, 9.17) is 32.7 Å². The summed E-state index contributed by atoms with van der Waals surface area (Å²) in [6.07, 6.45) is -0.885. The molecular formula is C17H14Cl2O5. The van der Waals surface area contributed by atoms with Crippen LogP contribution in [0.1, 0.15) is 17.3 Å². The molecule has 24 heavy (non-hydrogen) atoms. The number of carbonyl (C=O) groups excluding carboxylic acids is 2. The average Bonchev–Trinajstić information content (AvgIpc) is 2.57. The Kier molecular flexibility index (Phi) is 6.06. The van der Waals surface area contributed by atoms with Gasteiger partial charge in [0, 0.05) is 5.02 Å². The van der Waals surface area contributed by atoms with Gasteiger partial charge in [0.1, 0.15) is 11.5 Å². The van der Waals surface area contributed by atoms with E-state index in [1.807, 2.05) is 0 Å². The summed E-state index contributed by atoms with van der Waals surface area (Å²) in [6, 6.07) is 10.7. The summed E-state index contributed by atoms with van der Waals surface area (Å²) in [7, 11) is 1.29. The number of rotatable bonds is 5. The van der Waals surface area contributed by atoms with Gasteiger partial charge in [-0.15, -0.1) is 0 Å². The Balaban J connectivity index is 1.99. The topological polar surface area (TPSA) is 61.8 Å². The number of hydrogen-bond donors (Lipinski definition) is 0. The molecule has 126 valence electrons. The van der Waals surface area contributed by atoms with Crippen molar-refractivity contribution in [3.05, 3.63) is 58.1 Å². The summed E-state index contributed by atoms with van der Waals surface area (Å²) in [5.41, 5.74) is 0.356. The van der Waals surface area contributed by atoms with Crippen LogP contribution in [0.25, 0.3) is 0 Å². The minimum absolute atomic E-state index is 0.283. The zero-order valence-electron chi connectivity index (χ0n) is 12.9. The van der Waals surface area contributed by atoms with E-state index in [1.54, 1.807) is 12.1 Å². The van der Waals surface area contributed by atoms with Crippen molar-refractivity contribution in [1.29, 1.82) is 0 Å². The first-order valence-corrected chi connectivity index (χ1v) is 7.68. The monoisotopic (exact) mass is 368 g/mol. The summed E-state index contributed by atoms with van der Waals surface area (Å²) < 4.78 is 15.3. The van der Waals surface area contributed by atoms with E-state index in [2.05, 4.69) is 4.74 Å². The van der Waals surface area contributed by atoms with Gasteiger partial charge in [0.05, 0.1) is 17.7 Å². The second-order valence-electron chi connectivity index (χ2n) is 4.77. The fourth-order valence-corrected chi connectivity index (χ4v) is 2.24. The van der Waals surface area contributed by atoms with E-state index in [9.17, 15) is 9.59 Å². The highest BCUT2D eigenvalue weighted by atomic mass is 35.5. The van der Waals surface area contributed by atoms with Crippen LogP contribution >= 0.6 is 23.2 Å². The van der Waals surface area contributed by atoms with E-state index in [1.165, 1.54) is 44.4 Å². The van der Waals surface area contributed by atoms with Crippen molar-refractivity contribution in [2.24, 2.45) is 0 Å². The van der Waals surface area contributed by atoms with Crippen molar-refractivity contribution in [1.82, 2.24) is 0 Å². The van der Waals surface area contributed by atoms with E-state index < -0.39 is 18.0 Å². The zero-order chi connectivity index (χ0) is 17.7. The number of esters is 2. The highest BCUT2D eigenvalue weighted by Crippen LogP contribution is 2.28. The van der Waals surface area contributed by atoms with Gasteiger partial charge in [0.25, 0.3) is 0 Å². The van der Waals surface area contributed by atoms with Crippen LogP contribution < -0.4 is 9.47 Å². The molecule has 0 saturated carbocycles. The van der Waals surface area contributed by atoms with Crippen molar-refractivity contribution in [3.63, 3.8) is 0 Å². The lowest BCUT2D eigenvalue weighted by atomic mass is 10.2. The van der Waals surface area contributed by atoms with Gasteiger partial charge in [0.2, 0.25) is 0 Å². The molecule has 0 saturated heterocycles. The number of benzene rings is 2. The lowest BCUT2D eigenvalue weighted by Crippen LogP contribution is -2.28. The van der Waals surface area contributed by atoms with Gasteiger partial charge in [-0.05, 0) is 49.4 Å². The van der Waals surface area contributed by atoms with Crippen molar-refractivity contribution >= 4 is 35.1 Å². The van der Waals surface area contributed by atoms with Crippen LogP contribution in [0.5, 0.6) is 11.5 Å². The Hall–Kier alpha value is -2.24. The van der Waals surface area contributed by atoms with Crippen LogP contribution in [-0.4, -0.2) is 25.2 Å². The SMILES string of the molecule is COC(=O)c1ccc(OC(=O)[C@@H](C)Oc2ccc(Cl)cc2Cl)cc1. The molecule has 0 fully saturated rings. The first-order valence-electron chi connectivity index (χ1n) is 6.92. The Morgan fingerprint density at radius 3 is 2.29 bits per heavy atom. The smallest absolute Gasteiger partial charge is 0.352 e. The Morgan fingerprint density at radius 2 is 1.71 bits per heavy atom. The highest BCUT2D eigenvalue weighted by molar-refractivity contribution is 6.35. The summed E-state index contributed by atoms with van der Waals surface area (Å²) in [6.45, 7) is 1.54. The first-order chi connectivity index (χ1) is 11.4. The molecule has 0 spiro atoms. The number of halogens is 2. The molecule has 2 rings (SSSR count). The minimum Gasteiger partial charge on any atom is -0.477 e. The molecule has 0 heterocycles. The van der Waals surface area contributed by atoms with Crippen molar-refractivity contribution < 1.29 is 23.8 Å². The molecule has 0 aliphatic carbocycles. The predicted molar refractivity (Wildman–Crippen MR) is 90.0 cm³/mol. The van der Waals surface area contributed by atoms with Crippen LogP contribution in [0.3, 0.4) is 0 Å². The molecule has 2 aromatic rings. The van der Waals surface area contributed by atoms with Crippen LogP contribution in [0.4, 0.5) is 0 Å².